The van der Waals surface area contributed by atoms with Crippen molar-refractivity contribution in [1.29, 1.82) is 0 Å². The maximum atomic E-state index is 5.39. The van der Waals surface area contributed by atoms with Crippen LogP contribution in [0.4, 0.5) is 5.69 Å². The standard InChI is InChI=1S/C17H28N2O2/c1-5-14-6-7-19(12-13(2)11-18-14)15-8-16(20-3)10-17(9-15)21-4/h8-10,13-14,18H,5-7,11-12H2,1-4H3. The van der Waals surface area contributed by atoms with Crippen molar-refractivity contribution in [1.82, 2.24) is 5.32 Å². The first kappa shape index (κ1) is 16.0. The highest BCUT2D eigenvalue weighted by atomic mass is 16.5. The summed E-state index contributed by atoms with van der Waals surface area (Å²) in [7, 11) is 3.40. The summed E-state index contributed by atoms with van der Waals surface area (Å²) >= 11 is 0. The topological polar surface area (TPSA) is 33.7 Å². The predicted octanol–water partition coefficient (Wildman–Crippen LogP) is 2.92. The average molecular weight is 292 g/mol. The Labute approximate surface area is 128 Å². The van der Waals surface area contributed by atoms with Crippen LogP contribution in [-0.4, -0.2) is 39.9 Å². The smallest absolute Gasteiger partial charge is 0.124 e. The van der Waals surface area contributed by atoms with Crippen molar-refractivity contribution >= 4 is 5.69 Å². The fraction of sp³-hybridized carbons (Fsp3) is 0.647. The number of methoxy groups -OCH3 is 2. The highest BCUT2D eigenvalue weighted by Crippen LogP contribution is 2.29. The average Bonchev–Trinajstić information content (AvgIpc) is 2.50. The first-order valence-corrected chi connectivity index (χ1v) is 7.87. The van der Waals surface area contributed by atoms with Crippen molar-refractivity contribution < 1.29 is 9.47 Å². The second-order valence-corrected chi connectivity index (χ2v) is 5.92. The van der Waals surface area contributed by atoms with Gasteiger partial charge in [0.25, 0.3) is 0 Å². The lowest BCUT2D eigenvalue weighted by molar-refractivity contribution is 0.383. The normalized spacial score (nSPS) is 23.3. The molecular weight excluding hydrogens is 264 g/mol. The van der Waals surface area contributed by atoms with Crippen LogP contribution in [0.3, 0.4) is 0 Å². The molecule has 0 bridgehead atoms. The van der Waals surface area contributed by atoms with Crippen LogP contribution in [0.15, 0.2) is 18.2 Å². The molecule has 1 aromatic rings. The van der Waals surface area contributed by atoms with Crippen LogP contribution >= 0.6 is 0 Å². The molecule has 0 aliphatic carbocycles. The van der Waals surface area contributed by atoms with Crippen LogP contribution in [-0.2, 0) is 0 Å². The molecule has 1 heterocycles. The summed E-state index contributed by atoms with van der Waals surface area (Å²) in [5.41, 5.74) is 1.19. The Balaban J connectivity index is 2.21. The fourth-order valence-corrected chi connectivity index (χ4v) is 2.87. The third kappa shape index (κ3) is 4.27. The SMILES string of the molecule is CCC1CCN(c2cc(OC)cc(OC)c2)CC(C)CN1. The van der Waals surface area contributed by atoms with Gasteiger partial charge in [0.15, 0.2) is 0 Å². The zero-order chi connectivity index (χ0) is 15.2. The van der Waals surface area contributed by atoms with Gasteiger partial charge in [-0.1, -0.05) is 13.8 Å². The van der Waals surface area contributed by atoms with E-state index in [1.165, 1.54) is 18.5 Å². The molecule has 1 N–H and O–H groups in total. The van der Waals surface area contributed by atoms with Gasteiger partial charge in [0.1, 0.15) is 11.5 Å². The molecule has 2 atom stereocenters. The Morgan fingerprint density at radius 2 is 1.86 bits per heavy atom. The molecule has 0 amide bonds. The van der Waals surface area contributed by atoms with Crippen LogP contribution in [0.1, 0.15) is 26.7 Å². The van der Waals surface area contributed by atoms with Crippen molar-refractivity contribution in [3.05, 3.63) is 18.2 Å². The van der Waals surface area contributed by atoms with E-state index in [1.54, 1.807) is 14.2 Å². The largest absolute Gasteiger partial charge is 0.497 e. The second-order valence-electron chi connectivity index (χ2n) is 5.92. The van der Waals surface area contributed by atoms with Gasteiger partial charge in [0, 0.05) is 43.0 Å². The van der Waals surface area contributed by atoms with E-state index in [-0.39, 0.29) is 0 Å². The Morgan fingerprint density at radius 3 is 2.43 bits per heavy atom. The molecule has 4 nitrogen and oxygen atoms in total. The number of nitrogens with one attached hydrogen (secondary N) is 1. The Bertz CT molecular complexity index is 428. The molecule has 1 aliphatic rings. The first-order valence-electron chi connectivity index (χ1n) is 7.87. The Hall–Kier alpha value is -1.42. The van der Waals surface area contributed by atoms with Crippen LogP contribution in [0.2, 0.25) is 0 Å². The lowest BCUT2D eigenvalue weighted by Crippen LogP contribution is -2.43. The van der Waals surface area contributed by atoms with E-state index in [0.717, 1.165) is 31.1 Å². The summed E-state index contributed by atoms with van der Waals surface area (Å²) in [5, 5.41) is 3.66. The van der Waals surface area contributed by atoms with E-state index in [0.29, 0.717) is 12.0 Å². The third-order valence-electron chi connectivity index (χ3n) is 4.23. The summed E-state index contributed by atoms with van der Waals surface area (Å²) in [6, 6.07) is 6.74. The maximum Gasteiger partial charge on any atom is 0.124 e. The van der Waals surface area contributed by atoms with Crippen molar-refractivity contribution in [3.8, 4) is 11.5 Å². The summed E-state index contributed by atoms with van der Waals surface area (Å²) in [6.45, 7) is 7.75. The van der Waals surface area contributed by atoms with E-state index >= 15 is 0 Å². The van der Waals surface area contributed by atoms with Gasteiger partial charge < -0.3 is 19.7 Å². The molecule has 1 aromatic carbocycles. The molecule has 1 aliphatic heterocycles. The minimum absolute atomic E-state index is 0.614. The zero-order valence-electron chi connectivity index (χ0n) is 13.7. The molecule has 0 radical (unpaired) electrons. The van der Waals surface area contributed by atoms with Gasteiger partial charge >= 0.3 is 0 Å². The number of nitrogens with zero attached hydrogens (tertiary/aromatic N) is 1. The van der Waals surface area contributed by atoms with E-state index in [2.05, 4.69) is 36.2 Å². The van der Waals surface area contributed by atoms with Gasteiger partial charge in [-0.3, -0.25) is 0 Å². The Morgan fingerprint density at radius 1 is 1.19 bits per heavy atom. The molecule has 2 unspecified atom stereocenters. The minimum Gasteiger partial charge on any atom is -0.497 e. The van der Waals surface area contributed by atoms with Crippen LogP contribution in [0.25, 0.3) is 0 Å². The summed E-state index contributed by atoms with van der Waals surface area (Å²) in [5.74, 6) is 2.32. The predicted molar refractivity (Wildman–Crippen MR) is 87.6 cm³/mol. The number of ether oxygens (including phenoxy) is 2. The van der Waals surface area contributed by atoms with Crippen molar-refractivity contribution in [2.75, 3.05) is 38.8 Å². The van der Waals surface area contributed by atoms with Gasteiger partial charge in [-0.05, 0) is 25.3 Å². The highest BCUT2D eigenvalue weighted by Gasteiger charge is 2.19. The molecule has 1 fully saturated rings. The number of benzene rings is 1. The molecule has 21 heavy (non-hydrogen) atoms. The summed E-state index contributed by atoms with van der Waals surface area (Å²) in [4.78, 5) is 2.46. The molecule has 4 heteroatoms. The summed E-state index contributed by atoms with van der Waals surface area (Å²) < 4.78 is 10.8. The van der Waals surface area contributed by atoms with E-state index in [9.17, 15) is 0 Å². The molecule has 0 aromatic heterocycles. The maximum absolute atomic E-state index is 5.39. The molecule has 2 rings (SSSR count). The van der Waals surface area contributed by atoms with Crippen LogP contribution < -0.4 is 19.7 Å². The monoisotopic (exact) mass is 292 g/mol. The summed E-state index contributed by atoms with van der Waals surface area (Å²) in [6.07, 6.45) is 2.35. The van der Waals surface area contributed by atoms with Crippen molar-refractivity contribution in [3.63, 3.8) is 0 Å². The van der Waals surface area contributed by atoms with E-state index in [4.69, 9.17) is 9.47 Å². The minimum atomic E-state index is 0.614. The fourth-order valence-electron chi connectivity index (χ4n) is 2.87. The number of hydrogen-bond acceptors (Lipinski definition) is 4. The first-order chi connectivity index (χ1) is 10.2. The van der Waals surface area contributed by atoms with Crippen LogP contribution in [0.5, 0.6) is 11.5 Å². The number of anilines is 1. The second kappa shape index (κ2) is 7.55. The van der Waals surface area contributed by atoms with Crippen LogP contribution in [0, 0.1) is 5.92 Å². The zero-order valence-corrected chi connectivity index (χ0v) is 13.7. The van der Waals surface area contributed by atoms with Gasteiger partial charge in [-0.2, -0.15) is 0 Å². The van der Waals surface area contributed by atoms with E-state index in [1.807, 2.05) is 6.07 Å². The third-order valence-corrected chi connectivity index (χ3v) is 4.23. The van der Waals surface area contributed by atoms with Crippen molar-refractivity contribution in [2.45, 2.75) is 32.7 Å². The number of rotatable bonds is 4. The molecule has 0 spiro atoms. The van der Waals surface area contributed by atoms with Gasteiger partial charge in [-0.15, -0.1) is 0 Å². The van der Waals surface area contributed by atoms with Gasteiger partial charge in [0.05, 0.1) is 14.2 Å². The highest BCUT2D eigenvalue weighted by molar-refractivity contribution is 5.55. The molecule has 0 saturated carbocycles. The molecule has 118 valence electrons. The van der Waals surface area contributed by atoms with E-state index < -0.39 is 0 Å². The quantitative estimate of drug-likeness (QED) is 0.925. The van der Waals surface area contributed by atoms with Gasteiger partial charge in [-0.25, -0.2) is 0 Å². The lowest BCUT2D eigenvalue weighted by atomic mass is 10.0. The molecule has 1 saturated heterocycles. The molecular formula is C17H28N2O2. The van der Waals surface area contributed by atoms with Gasteiger partial charge in [0.2, 0.25) is 0 Å². The number of hydrogen-bond donors (Lipinski definition) is 1. The van der Waals surface area contributed by atoms with Crippen molar-refractivity contribution in [2.24, 2.45) is 5.92 Å². The Kier molecular flexibility index (Phi) is 5.74. The lowest BCUT2D eigenvalue weighted by Gasteiger charge is -2.34.